The quantitative estimate of drug-likeness (QED) is 0.361. The van der Waals surface area contributed by atoms with Crippen molar-refractivity contribution >= 4 is 41.8 Å². The second kappa shape index (κ2) is 11.0. The van der Waals surface area contributed by atoms with Crippen molar-refractivity contribution in [3.63, 3.8) is 0 Å². The van der Waals surface area contributed by atoms with Gasteiger partial charge in [-0.2, -0.15) is 0 Å². The van der Waals surface area contributed by atoms with Crippen LogP contribution in [0.1, 0.15) is 17.3 Å². The maximum atomic E-state index is 12.4. The van der Waals surface area contributed by atoms with Gasteiger partial charge in [-0.3, -0.25) is 0 Å². The molecule has 0 saturated carbocycles. The molecule has 0 bridgehead atoms. The summed E-state index contributed by atoms with van der Waals surface area (Å²) in [5, 5.41) is 5.52. The molecule has 4 rings (SSSR count). The van der Waals surface area contributed by atoms with Crippen LogP contribution in [0, 0.1) is 0 Å². The highest BCUT2D eigenvalue weighted by atomic mass is 32.1. The number of esters is 1. The molecule has 0 atom stereocenters. The number of thiol groups is 1. The van der Waals surface area contributed by atoms with Gasteiger partial charge in [0, 0.05) is 36.2 Å². The first kappa shape index (κ1) is 23.5. The zero-order chi connectivity index (χ0) is 23.9. The smallest absolute Gasteiger partial charge is 0.338 e. The number of carbonyl (C=O) groups excluding carboxylic acids is 2. The minimum atomic E-state index is -0.401. The Labute approximate surface area is 202 Å². The van der Waals surface area contributed by atoms with Gasteiger partial charge in [-0.1, -0.05) is 0 Å². The van der Waals surface area contributed by atoms with Gasteiger partial charge in [0.1, 0.15) is 5.82 Å². The Bertz CT molecular complexity index is 1150. The van der Waals surface area contributed by atoms with Gasteiger partial charge in [0.05, 0.1) is 30.3 Å². The number of rotatable bonds is 6. The topological polar surface area (TPSA) is 106 Å². The lowest BCUT2D eigenvalue weighted by Gasteiger charge is -2.28. The number of ether oxygens (including phenoxy) is 2. The summed E-state index contributed by atoms with van der Waals surface area (Å²) in [6, 6.07) is 13.3. The molecule has 0 spiro atoms. The van der Waals surface area contributed by atoms with Crippen LogP contribution in [-0.2, 0) is 9.47 Å². The van der Waals surface area contributed by atoms with Gasteiger partial charge in [-0.25, -0.2) is 19.6 Å². The van der Waals surface area contributed by atoms with Gasteiger partial charge in [-0.15, -0.1) is 12.6 Å². The van der Waals surface area contributed by atoms with Crippen LogP contribution >= 0.6 is 12.6 Å². The first-order valence-corrected chi connectivity index (χ1v) is 11.3. The molecule has 0 radical (unpaired) electrons. The summed E-state index contributed by atoms with van der Waals surface area (Å²) >= 11 is 4.50. The van der Waals surface area contributed by atoms with E-state index in [0.29, 0.717) is 42.6 Å². The van der Waals surface area contributed by atoms with Crippen molar-refractivity contribution in [1.29, 1.82) is 0 Å². The highest BCUT2D eigenvalue weighted by Gasteiger charge is 2.17. The molecule has 2 aromatic carbocycles. The van der Waals surface area contributed by atoms with E-state index in [-0.39, 0.29) is 0 Å². The number of aromatic nitrogens is 2. The number of amides is 2. The van der Waals surface area contributed by atoms with E-state index >= 15 is 0 Å². The fraction of sp³-hybridized carbons (Fsp3) is 0.250. The molecular formula is C24H25N5O4S. The number of hydrogen-bond donors (Lipinski definition) is 3. The lowest BCUT2D eigenvalue weighted by molar-refractivity contribution is 0.0526. The Balaban J connectivity index is 1.38. The van der Waals surface area contributed by atoms with E-state index < -0.39 is 12.0 Å². The van der Waals surface area contributed by atoms with E-state index in [1.54, 1.807) is 49.5 Å². The van der Waals surface area contributed by atoms with E-state index in [1.807, 2.05) is 12.1 Å². The average molecular weight is 480 g/mol. The molecule has 1 aliphatic heterocycles. The largest absolute Gasteiger partial charge is 0.462 e. The van der Waals surface area contributed by atoms with Crippen molar-refractivity contribution in [3.05, 3.63) is 60.3 Å². The third kappa shape index (κ3) is 5.83. The van der Waals surface area contributed by atoms with Crippen LogP contribution in [0.15, 0.2) is 59.6 Å². The predicted octanol–water partition coefficient (Wildman–Crippen LogP) is 4.09. The average Bonchev–Trinajstić information content (AvgIpc) is 2.86. The molecule has 1 saturated heterocycles. The number of nitrogens with zero attached hydrogens (tertiary/aromatic N) is 3. The molecular weight excluding hydrogens is 454 g/mol. The molecule has 0 unspecified atom stereocenters. The predicted molar refractivity (Wildman–Crippen MR) is 133 cm³/mol. The second-order valence-electron chi connectivity index (χ2n) is 7.46. The summed E-state index contributed by atoms with van der Waals surface area (Å²) in [5.74, 6) is 0.966. The van der Waals surface area contributed by atoms with E-state index in [2.05, 4.69) is 33.1 Å². The van der Waals surface area contributed by atoms with Crippen LogP contribution in [0.3, 0.4) is 0 Å². The number of carbonyl (C=O) groups is 2. The van der Waals surface area contributed by atoms with E-state index in [0.717, 1.165) is 29.4 Å². The van der Waals surface area contributed by atoms with Gasteiger partial charge in [0.25, 0.3) is 0 Å². The van der Waals surface area contributed by atoms with Crippen molar-refractivity contribution in [1.82, 2.24) is 9.97 Å². The molecule has 1 aromatic heterocycles. The maximum Gasteiger partial charge on any atom is 0.338 e. The van der Waals surface area contributed by atoms with Gasteiger partial charge < -0.3 is 25.0 Å². The van der Waals surface area contributed by atoms with Crippen LogP contribution in [0.4, 0.5) is 22.0 Å². The lowest BCUT2D eigenvalue weighted by atomic mass is 10.2. The summed E-state index contributed by atoms with van der Waals surface area (Å²) in [5.41, 5.74) is 2.42. The highest BCUT2D eigenvalue weighted by molar-refractivity contribution is 7.80. The molecule has 3 aromatic rings. The van der Waals surface area contributed by atoms with Crippen LogP contribution in [0.5, 0.6) is 0 Å². The van der Waals surface area contributed by atoms with E-state index in [9.17, 15) is 9.59 Å². The number of anilines is 3. The van der Waals surface area contributed by atoms with Crippen molar-refractivity contribution in [2.24, 2.45) is 0 Å². The van der Waals surface area contributed by atoms with Crippen molar-refractivity contribution < 1.29 is 19.1 Å². The number of benzene rings is 2. The first-order valence-electron chi connectivity index (χ1n) is 10.9. The molecule has 176 valence electrons. The summed E-state index contributed by atoms with van der Waals surface area (Å²) in [4.78, 5) is 36.0. The van der Waals surface area contributed by atoms with E-state index in [4.69, 9.17) is 14.5 Å². The SMILES string of the molecule is CCOC(=O)c1ccc(NC(=O)Nc2ccc(-c3ncc(S)c(N4CCOCC4)n3)cc2)cc1. The van der Waals surface area contributed by atoms with Gasteiger partial charge in [0.2, 0.25) is 0 Å². The summed E-state index contributed by atoms with van der Waals surface area (Å²) in [6.45, 7) is 4.88. The molecule has 1 fully saturated rings. The summed E-state index contributed by atoms with van der Waals surface area (Å²) < 4.78 is 10.4. The van der Waals surface area contributed by atoms with Gasteiger partial charge >= 0.3 is 12.0 Å². The second-order valence-corrected chi connectivity index (χ2v) is 7.94. The fourth-order valence-corrected chi connectivity index (χ4v) is 3.66. The van der Waals surface area contributed by atoms with Crippen molar-refractivity contribution in [2.45, 2.75) is 11.8 Å². The molecule has 34 heavy (non-hydrogen) atoms. The normalized spacial score (nSPS) is 13.3. The Hall–Kier alpha value is -3.63. The zero-order valence-electron chi connectivity index (χ0n) is 18.7. The molecule has 1 aliphatic rings. The molecule has 2 amide bonds. The molecule has 10 heteroatoms. The third-order valence-corrected chi connectivity index (χ3v) is 5.43. The van der Waals surface area contributed by atoms with E-state index in [1.165, 1.54) is 0 Å². The zero-order valence-corrected chi connectivity index (χ0v) is 19.5. The molecule has 9 nitrogen and oxygen atoms in total. The molecule has 2 N–H and O–H groups in total. The lowest BCUT2D eigenvalue weighted by Crippen LogP contribution is -2.37. The Morgan fingerprint density at radius 1 is 1.03 bits per heavy atom. The number of hydrogen-bond acceptors (Lipinski definition) is 8. The molecule has 2 heterocycles. The van der Waals surface area contributed by atoms with Crippen molar-refractivity contribution in [2.75, 3.05) is 48.4 Å². The Morgan fingerprint density at radius 3 is 2.26 bits per heavy atom. The van der Waals surface area contributed by atoms with Crippen molar-refractivity contribution in [3.8, 4) is 11.4 Å². The number of nitrogens with one attached hydrogen (secondary N) is 2. The summed E-state index contributed by atoms with van der Waals surface area (Å²) in [7, 11) is 0. The minimum Gasteiger partial charge on any atom is -0.462 e. The van der Waals surface area contributed by atoms with Crippen LogP contribution in [0.2, 0.25) is 0 Å². The van der Waals surface area contributed by atoms with Gasteiger partial charge in [0.15, 0.2) is 5.82 Å². The first-order chi connectivity index (χ1) is 16.5. The summed E-state index contributed by atoms with van der Waals surface area (Å²) in [6.07, 6.45) is 1.70. The maximum absolute atomic E-state index is 12.4. The monoisotopic (exact) mass is 479 g/mol. The highest BCUT2D eigenvalue weighted by Crippen LogP contribution is 2.26. The minimum absolute atomic E-state index is 0.307. The molecule has 0 aliphatic carbocycles. The van der Waals surface area contributed by atoms with Crippen LogP contribution < -0.4 is 15.5 Å². The Kier molecular flexibility index (Phi) is 7.61. The van der Waals surface area contributed by atoms with Crippen LogP contribution in [0.25, 0.3) is 11.4 Å². The third-order valence-electron chi connectivity index (χ3n) is 5.12. The fourth-order valence-electron chi connectivity index (χ4n) is 3.41. The van der Waals surface area contributed by atoms with Gasteiger partial charge in [-0.05, 0) is 55.5 Å². The number of morpholine rings is 1. The van der Waals surface area contributed by atoms with Crippen LogP contribution in [-0.4, -0.2) is 54.9 Å². The Morgan fingerprint density at radius 2 is 1.65 bits per heavy atom. The number of urea groups is 1. The standard InChI is InChI=1S/C24H25N5O4S/c1-2-33-23(30)17-5-9-19(10-6-17)27-24(31)26-18-7-3-16(4-8-18)21-25-15-20(34)22(28-21)29-11-13-32-14-12-29/h3-10,15,34H,2,11-14H2,1H3,(H2,26,27,31).